The molecule has 0 fully saturated rings. The maximum atomic E-state index is 6.07. The second-order valence-electron chi connectivity index (χ2n) is 4.01. The summed E-state index contributed by atoms with van der Waals surface area (Å²) >= 11 is 12.1. The molecule has 6 heteroatoms. The minimum Gasteiger partial charge on any atom is -0.495 e. The Balaban J connectivity index is 2.33. The van der Waals surface area contributed by atoms with Crippen LogP contribution in [0, 0.1) is 13.8 Å². The van der Waals surface area contributed by atoms with Crippen LogP contribution in [0.25, 0.3) is 0 Å². The van der Waals surface area contributed by atoms with E-state index in [9.17, 15) is 0 Å². The number of methoxy groups -OCH3 is 1. The Kier molecular flexibility index (Phi) is 4.12. The quantitative estimate of drug-likeness (QED) is 0.865. The van der Waals surface area contributed by atoms with Gasteiger partial charge in [-0.3, -0.25) is 0 Å². The lowest BCUT2D eigenvalue weighted by Gasteiger charge is -2.11. The number of aromatic nitrogens is 2. The molecule has 4 nitrogen and oxygen atoms in total. The molecule has 0 aliphatic carbocycles. The molecular weight excluding hydrogens is 285 g/mol. The van der Waals surface area contributed by atoms with Gasteiger partial charge in [0.1, 0.15) is 22.5 Å². The molecule has 100 valence electrons. The highest BCUT2D eigenvalue weighted by Gasteiger charge is 2.09. The van der Waals surface area contributed by atoms with Crippen molar-refractivity contribution in [3.05, 3.63) is 39.8 Å². The molecule has 0 spiro atoms. The van der Waals surface area contributed by atoms with Crippen LogP contribution in [0.2, 0.25) is 10.2 Å². The van der Waals surface area contributed by atoms with Crippen LogP contribution in [0.4, 0.5) is 11.5 Å². The smallest absolute Gasteiger partial charge is 0.138 e. The number of nitrogens with one attached hydrogen (secondary N) is 1. The molecule has 0 bridgehead atoms. The zero-order chi connectivity index (χ0) is 14.0. The Bertz CT molecular complexity index is 617. The summed E-state index contributed by atoms with van der Waals surface area (Å²) < 4.78 is 5.11. The van der Waals surface area contributed by atoms with Crippen LogP contribution < -0.4 is 10.1 Å². The van der Waals surface area contributed by atoms with Crippen molar-refractivity contribution in [3.63, 3.8) is 0 Å². The predicted octanol–water partition coefficient (Wildman–Crippen LogP) is 4.15. The van der Waals surface area contributed by atoms with Crippen molar-refractivity contribution in [3.8, 4) is 5.75 Å². The number of rotatable bonds is 3. The minimum absolute atomic E-state index is 0.439. The summed E-state index contributed by atoms with van der Waals surface area (Å²) in [5.74, 6) is 1.90. The van der Waals surface area contributed by atoms with E-state index in [4.69, 9.17) is 27.9 Å². The Labute approximate surface area is 121 Å². The third-order valence-electron chi connectivity index (χ3n) is 2.61. The van der Waals surface area contributed by atoms with Gasteiger partial charge in [-0.1, -0.05) is 23.2 Å². The minimum atomic E-state index is 0.439. The average molecular weight is 298 g/mol. The number of hydrogen-bond donors (Lipinski definition) is 1. The van der Waals surface area contributed by atoms with Crippen LogP contribution in [0.15, 0.2) is 18.2 Å². The molecule has 0 saturated carbocycles. The fraction of sp³-hybridized carbons (Fsp3) is 0.231. The van der Waals surface area contributed by atoms with Crippen LogP contribution in [-0.2, 0) is 0 Å². The summed E-state index contributed by atoms with van der Waals surface area (Å²) in [6, 6.07) is 5.41. The number of ether oxygens (including phenoxy) is 1. The van der Waals surface area contributed by atoms with Crippen LogP contribution in [-0.4, -0.2) is 17.1 Å². The number of anilines is 2. The maximum absolute atomic E-state index is 6.07. The van der Waals surface area contributed by atoms with Crippen LogP contribution in [0.1, 0.15) is 11.4 Å². The molecule has 2 aromatic rings. The number of hydrogen-bond acceptors (Lipinski definition) is 4. The third kappa shape index (κ3) is 3.08. The monoisotopic (exact) mass is 297 g/mol. The molecule has 0 saturated heterocycles. The van der Waals surface area contributed by atoms with E-state index in [1.54, 1.807) is 26.2 Å². The average Bonchev–Trinajstić information content (AvgIpc) is 2.35. The van der Waals surface area contributed by atoms with Crippen molar-refractivity contribution in [2.45, 2.75) is 13.8 Å². The summed E-state index contributed by atoms with van der Waals surface area (Å²) in [5, 5.41) is 4.14. The second-order valence-corrected chi connectivity index (χ2v) is 4.77. The van der Waals surface area contributed by atoms with Gasteiger partial charge in [-0.05, 0) is 32.0 Å². The van der Waals surface area contributed by atoms with Gasteiger partial charge in [-0.2, -0.15) is 0 Å². The molecule has 2 rings (SSSR count). The first-order valence-corrected chi connectivity index (χ1v) is 6.38. The molecule has 1 aromatic heterocycles. The van der Waals surface area contributed by atoms with Gasteiger partial charge < -0.3 is 10.1 Å². The molecule has 0 radical (unpaired) electrons. The molecule has 1 heterocycles. The van der Waals surface area contributed by atoms with Gasteiger partial charge in [0.2, 0.25) is 0 Å². The van der Waals surface area contributed by atoms with E-state index in [-0.39, 0.29) is 0 Å². The van der Waals surface area contributed by atoms with Crippen LogP contribution in [0.5, 0.6) is 5.75 Å². The first kappa shape index (κ1) is 13.9. The number of halogens is 2. The molecule has 1 N–H and O–H groups in total. The summed E-state index contributed by atoms with van der Waals surface area (Å²) in [6.07, 6.45) is 0. The topological polar surface area (TPSA) is 47.0 Å². The van der Waals surface area contributed by atoms with E-state index >= 15 is 0 Å². The lowest BCUT2D eigenvalue weighted by Crippen LogP contribution is -2.01. The number of aryl methyl sites for hydroxylation is 1. The fourth-order valence-electron chi connectivity index (χ4n) is 1.60. The van der Waals surface area contributed by atoms with Crippen molar-refractivity contribution in [2.24, 2.45) is 0 Å². The maximum Gasteiger partial charge on any atom is 0.138 e. The SMILES string of the molecule is COc1ccc(Nc2nc(C)nc(Cl)c2C)cc1Cl. The van der Waals surface area contributed by atoms with E-state index in [2.05, 4.69) is 15.3 Å². The van der Waals surface area contributed by atoms with Gasteiger partial charge in [0, 0.05) is 11.3 Å². The van der Waals surface area contributed by atoms with Crippen molar-refractivity contribution in [2.75, 3.05) is 12.4 Å². The molecule has 0 aliphatic rings. The number of nitrogens with zero attached hydrogens (tertiary/aromatic N) is 2. The van der Waals surface area contributed by atoms with Crippen molar-refractivity contribution >= 4 is 34.7 Å². The van der Waals surface area contributed by atoms with E-state index in [1.165, 1.54) is 0 Å². The molecule has 19 heavy (non-hydrogen) atoms. The Morgan fingerprint density at radius 2 is 1.89 bits per heavy atom. The molecule has 0 aliphatic heterocycles. The van der Waals surface area contributed by atoms with Gasteiger partial charge >= 0.3 is 0 Å². The van der Waals surface area contributed by atoms with Crippen LogP contribution >= 0.6 is 23.2 Å². The van der Waals surface area contributed by atoms with Gasteiger partial charge in [-0.15, -0.1) is 0 Å². The summed E-state index contributed by atoms with van der Waals surface area (Å²) in [7, 11) is 1.58. The summed E-state index contributed by atoms with van der Waals surface area (Å²) in [4.78, 5) is 8.41. The second kappa shape index (κ2) is 5.63. The molecular formula is C13H13Cl2N3O. The number of benzene rings is 1. The predicted molar refractivity (Wildman–Crippen MR) is 77.8 cm³/mol. The van der Waals surface area contributed by atoms with E-state index in [1.807, 2.05) is 13.0 Å². The molecule has 1 aromatic carbocycles. The summed E-state index contributed by atoms with van der Waals surface area (Å²) in [5.41, 5.74) is 1.60. The Morgan fingerprint density at radius 3 is 2.53 bits per heavy atom. The molecule has 0 atom stereocenters. The third-order valence-corrected chi connectivity index (χ3v) is 3.28. The molecule has 0 unspecified atom stereocenters. The van der Waals surface area contributed by atoms with Crippen molar-refractivity contribution in [1.82, 2.24) is 9.97 Å². The van der Waals surface area contributed by atoms with Gasteiger partial charge in [-0.25, -0.2) is 9.97 Å². The van der Waals surface area contributed by atoms with E-state index in [0.29, 0.717) is 27.6 Å². The fourth-order valence-corrected chi connectivity index (χ4v) is 2.07. The van der Waals surface area contributed by atoms with E-state index in [0.717, 1.165) is 11.3 Å². The Morgan fingerprint density at radius 1 is 1.16 bits per heavy atom. The van der Waals surface area contributed by atoms with E-state index < -0.39 is 0 Å². The zero-order valence-electron chi connectivity index (χ0n) is 10.8. The highest BCUT2D eigenvalue weighted by atomic mass is 35.5. The largest absolute Gasteiger partial charge is 0.495 e. The first-order chi connectivity index (χ1) is 9.01. The lowest BCUT2D eigenvalue weighted by molar-refractivity contribution is 0.415. The zero-order valence-corrected chi connectivity index (χ0v) is 12.3. The normalized spacial score (nSPS) is 10.4. The van der Waals surface area contributed by atoms with Gasteiger partial charge in [0.05, 0.1) is 12.1 Å². The van der Waals surface area contributed by atoms with Crippen molar-refractivity contribution in [1.29, 1.82) is 0 Å². The first-order valence-electron chi connectivity index (χ1n) is 5.62. The highest BCUT2D eigenvalue weighted by Crippen LogP contribution is 2.30. The van der Waals surface area contributed by atoms with Gasteiger partial charge in [0.15, 0.2) is 0 Å². The van der Waals surface area contributed by atoms with Crippen LogP contribution in [0.3, 0.4) is 0 Å². The summed E-state index contributed by atoms with van der Waals surface area (Å²) in [6.45, 7) is 3.65. The van der Waals surface area contributed by atoms with Gasteiger partial charge in [0.25, 0.3) is 0 Å². The highest BCUT2D eigenvalue weighted by molar-refractivity contribution is 6.32. The molecule has 0 amide bonds. The van der Waals surface area contributed by atoms with Crippen molar-refractivity contribution < 1.29 is 4.74 Å². The standard InChI is InChI=1S/C13H13Cl2N3O/c1-7-12(15)16-8(2)17-13(7)18-9-4-5-11(19-3)10(14)6-9/h4-6H,1-3H3,(H,16,17,18). The Hall–Kier alpha value is -1.52. The lowest BCUT2D eigenvalue weighted by atomic mass is 10.2.